The van der Waals surface area contributed by atoms with Crippen LogP contribution in [0.5, 0.6) is 0 Å². The summed E-state index contributed by atoms with van der Waals surface area (Å²) in [7, 11) is 1.24. The van der Waals surface area contributed by atoms with Gasteiger partial charge in [0.2, 0.25) is 0 Å². The molecule has 0 fully saturated rings. The maximum Gasteiger partial charge on any atom is 0.340 e. The normalized spacial score (nSPS) is 11.7. The first kappa shape index (κ1) is 19.8. The van der Waals surface area contributed by atoms with Gasteiger partial charge >= 0.3 is 11.9 Å². The lowest BCUT2D eigenvalue weighted by Crippen LogP contribution is -2.44. The van der Waals surface area contributed by atoms with Crippen molar-refractivity contribution in [1.29, 1.82) is 0 Å². The van der Waals surface area contributed by atoms with Gasteiger partial charge in [-0.15, -0.1) is 0 Å². The highest BCUT2D eigenvalue weighted by Gasteiger charge is 2.23. The van der Waals surface area contributed by atoms with Crippen LogP contribution >= 0.6 is 11.6 Å². The Balaban J connectivity index is 2.62. The first-order valence-electron chi connectivity index (χ1n) is 7.34. The maximum absolute atomic E-state index is 11.9. The molecule has 0 saturated carbocycles. The van der Waals surface area contributed by atoms with Gasteiger partial charge in [0, 0.05) is 10.7 Å². The average Bonchev–Trinajstić information content (AvgIpc) is 2.53. The van der Waals surface area contributed by atoms with E-state index in [0.717, 1.165) is 0 Å². The van der Waals surface area contributed by atoms with E-state index < -0.39 is 30.5 Å². The molecule has 0 aromatic heterocycles. The van der Waals surface area contributed by atoms with Gasteiger partial charge in [-0.25, -0.2) is 9.59 Å². The Bertz CT molecular complexity index is 618. The fraction of sp³-hybridized carbons (Fsp3) is 0.438. The van der Waals surface area contributed by atoms with Gasteiger partial charge in [-0.1, -0.05) is 25.4 Å². The van der Waals surface area contributed by atoms with Crippen LogP contribution in [0, 0.1) is 5.92 Å². The largest absolute Gasteiger partial charge is 0.467 e. The Morgan fingerprint density at radius 1 is 1.29 bits per heavy atom. The molecule has 1 aromatic carbocycles. The molecule has 0 aliphatic carbocycles. The highest BCUT2D eigenvalue weighted by molar-refractivity contribution is 6.31. The summed E-state index contributed by atoms with van der Waals surface area (Å²) in [4.78, 5) is 35.5. The summed E-state index contributed by atoms with van der Waals surface area (Å²) in [5.74, 6) is -1.77. The van der Waals surface area contributed by atoms with Gasteiger partial charge in [0.25, 0.3) is 5.91 Å². The first-order valence-corrected chi connectivity index (χ1v) is 7.71. The Labute approximate surface area is 145 Å². The number of carbonyl (C=O) groups excluding carboxylic acids is 3. The quantitative estimate of drug-likeness (QED) is 0.569. The lowest BCUT2D eigenvalue weighted by molar-refractivity contribution is -0.145. The number of rotatable bonds is 7. The first-order chi connectivity index (χ1) is 11.2. The summed E-state index contributed by atoms with van der Waals surface area (Å²) in [6, 6.07) is 3.56. The number of carbonyl (C=O) groups is 3. The van der Waals surface area contributed by atoms with Gasteiger partial charge < -0.3 is 20.5 Å². The third-order valence-electron chi connectivity index (χ3n) is 3.10. The van der Waals surface area contributed by atoms with Gasteiger partial charge in [0.1, 0.15) is 6.04 Å². The maximum atomic E-state index is 11.9. The summed E-state index contributed by atoms with van der Waals surface area (Å²) in [5, 5.41) is 2.81. The number of benzene rings is 1. The molecular formula is C16H21ClN2O5. The highest BCUT2D eigenvalue weighted by Crippen LogP contribution is 2.18. The molecule has 8 heteroatoms. The van der Waals surface area contributed by atoms with E-state index in [1.165, 1.54) is 25.3 Å². The number of anilines is 1. The highest BCUT2D eigenvalue weighted by atomic mass is 35.5. The zero-order chi connectivity index (χ0) is 18.3. The van der Waals surface area contributed by atoms with E-state index in [2.05, 4.69) is 10.1 Å². The van der Waals surface area contributed by atoms with Crippen LogP contribution in [0.2, 0.25) is 5.02 Å². The van der Waals surface area contributed by atoms with E-state index in [0.29, 0.717) is 11.4 Å². The van der Waals surface area contributed by atoms with Crippen LogP contribution in [0.15, 0.2) is 18.2 Å². The molecular weight excluding hydrogens is 336 g/mol. The van der Waals surface area contributed by atoms with Crippen molar-refractivity contribution in [2.75, 3.05) is 19.5 Å². The van der Waals surface area contributed by atoms with Gasteiger partial charge in [-0.3, -0.25) is 4.79 Å². The van der Waals surface area contributed by atoms with Gasteiger partial charge in [-0.05, 0) is 30.5 Å². The molecule has 0 unspecified atom stereocenters. The molecule has 0 aliphatic heterocycles. The van der Waals surface area contributed by atoms with Crippen LogP contribution in [0.25, 0.3) is 0 Å². The van der Waals surface area contributed by atoms with Crippen LogP contribution in [0.3, 0.4) is 0 Å². The zero-order valence-electron chi connectivity index (χ0n) is 13.8. The van der Waals surface area contributed by atoms with Crippen molar-refractivity contribution in [1.82, 2.24) is 5.32 Å². The second-order valence-electron chi connectivity index (χ2n) is 5.58. The number of ether oxygens (including phenoxy) is 2. The number of nitrogens with two attached hydrogens (primary N) is 1. The molecule has 0 saturated heterocycles. The molecule has 1 atom stereocenters. The molecule has 0 bridgehead atoms. The van der Waals surface area contributed by atoms with Crippen LogP contribution < -0.4 is 11.1 Å². The van der Waals surface area contributed by atoms with E-state index in [-0.39, 0.29) is 17.2 Å². The number of hydrogen-bond donors (Lipinski definition) is 2. The Morgan fingerprint density at radius 3 is 2.54 bits per heavy atom. The molecule has 3 N–H and O–H groups in total. The topological polar surface area (TPSA) is 108 Å². The summed E-state index contributed by atoms with van der Waals surface area (Å²) in [5.41, 5.74) is 5.93. The predicted octanol–water partition coefficient (Wildman–Crippen LogP) is 1.78. The third-order valence-corrected chi connectivity index (χ3v) is 3.33. The summed E-state index contributed by atoms with van der Waals surface area (Å²) < 4.78 is 9.55. The number of halogens is 1. The number of methoxy groups -OCH3 is 1. The van der Waals surface area contributed by atoms with Crippen molar-refractivity contribution >= 4 is 35.1 Å². The minimum absolute atomic E-state index is 0.0713. The lowest BCUT2D eigenvalue weighted by atomic mass is 10.0. The van der Waals surface area contributed by atoms with Crippen LogP contribution in [-0.4, -0.2) is 37.6 Å². The molecule has 0 aliphatic rings. The summed E-state index contributed by atoms with van der Waals surface area (Å²) >= 11 is 5.80. The molecule has 0 spiro atoms. The van der Waals surface area contributed by atoms with Crippen molar-refractivity contribution in [2.45, 2.75) is 26.3 Å². The van der Waals surface area contributed by atoms with Crippen molar-refractivity contribution < 1.29 is 23.9 Å². The molecule has 1 aromatic rings. The van der Waals surface area contributed by atoms with Crippen molar-refractivity contribution in [3.63, 3.8) is 0 Å². The minimum Gasteiger partial charge on any atom is -0.467 e. The molecule has 24 heavy (non-hydrogen) atoms. The summed E-state index contributed by atoms with van der Waals surface area (Å²) in [6.07, 6.45) is 0.410. The lowest BCUT2D eigenvalue weighted by Gasteiger charge is -2.18. The summed E-state index contributed by atoms with van der Waals surface area (Å²) in [6.45, 7) is 3.27. The molecule has 0 heterocycles. The SMILES string of the molecule is COC(=O)[C@H](CC(C)C)NC(=O)COC(=O)c1cc(Cl)ccc1N. The van der Waals surface area contributed by atoms with Gasteiger partial charge in [0.15, 0.2) is 6.61 Å². The number of amides is 1. The smallest absolute Gasteiger partial charge is 0.340 e. The van der Waals surface area contributed by atoms with E-state index in [9.17, 15) is 14.4 Å². The van der Waals surface area contributed by atoms with E-state index in [1.807, 2.05) is 13.8 Å². The molecule has 132 valence electrons. The van der Waals surface area contributed by atoms with E-state index in [1.54, 1.807) is 0 Å². The number of nitrogens with one attached hydrogen (secondary N) is 1. The monoisotopic (exact) mass is 356 g/mol. The van der Waals surface area contributed by atoms with Crippen LogP contribution in [0.4, 0.5) is 5.69 Å². The van der Waals surface area contributed by atoms with Crippen molar-refractivity contribution in [2.24, 2.45) is 5.92 Å². The van der Waals surface area contributed by atoms with Crippen LogP contribution in [0.1, 0.15) is 30.6 Å². The van der Waals surface area contributed by atoms with Crippen molar-refractivity contribution in [3.05, 3.63) is 28.8 Å². The predicted molar refractivity (Wildman–Crippen MR) is 89.5 cm³/mol. The molecule has 1 amide bonds. The fourth-order valence-electron chi connectivity index (χ4n) is 1.98. The molecule has 0 radical (unpaired) electrons. The number of nitrogen functional groups attached to an aromatic ring is 1. The zero-order valence-corrected chi connectivity index (χ0v) is 14.6. The standard InChI is InChI=1S/C16H21ClN2O5/c1-9(2)6-13(16(22)23-3)19-14(20)8-24-15(21)11-7-10(17)4-5-12(11)18/h4-5,7,9,13H,6,8,18H2,1-3H3,(H,19,20)/t13-/m0/s1. The number of esters is 2. The van der Waals surface area contributed by atoms with Crippen molar-refractivity contribution in [3.8, 4) is 0 Å². The van der Waals surface area contributed by atoms with Gasteiger partial charge in [0.05, 0.1) is 12.7 Å². The third kappa shape index (κ3) is 6.08. The van der Waals surface area contributed by atoms with E-state index >= 15 is 0 Å². The second-order valence-corrected chi connectivity index (χ2v) is 6.02. The second kappa shape index (κ2) is 9.12. The molecule has 7 nitrogen and oxygen atoms in total. The van der Waals surface area contributed by atoms with E-state index in [4.69, 9.17) is 22.1 Å². The fourth-order valence-corrected chi connectivity index (χ4v) is 2.15. The number of hydrogen-bond acceptors (Lipinski definition) is 6. The van der Waals surface area contributed by atoms with Gasteiger partial charge in [-0.2, -0.15) is 0 Å². The Hall–Kier alpha value is -2.28. The molecule has 1 rings (SSSR count). The Kier molecular flexibility index (Phi) is 7.51. The average molecular weight is 357 g/mol. The van der Waals surface area contributed by atoms with Crippen LogP contribution in [-0.2, 0) is 19.1 Å². The Morgan fingerprint density at radius 2 is 1.96 bits per heavy atom. The minimum atomic E-state index is -0.794.